The second-order valence-corrected chi connectivity index (χ2v) is 7.27. The first kappa shape index (κ1) is 20.9. The molecule has 10 heteroatoms. The van der Waals surface area contributed by atoms with Gasteiger partial charge >= 0.3 is 5.97 Å². The monoisotopic (exact) mass is 427 g/mol. The summed E-state index contributed by atoms with van der Waals surface area (Å²) in [6.07, 6.45) is 0.397. The maximum Gasteiger partial charge on any atom is 0.324 e. The number of anilines is 1. The third-order valence-electron chi connectivity index (χ3n) is 4.86. The largest absolute Gasteiger partial charge is 0.433 e. The average Bonchev–Trinajstić information content (AvgIpc) is 3.33. The summed E-state index contributed by atoms with van der Waals surface area (Å²) in [5.41, 5.74) is 7.65. The van der Waals surface area contributed by atoms with E-state index in [1.807, 2.05) is 4.90 Å². The number of halogens is 1. The summed E-state index contributed by atoms with van der Waals surface area (Å²) in [5.74, 6) is -0.213. The first-order valence-corrected chi connectivity index (χ1v) is 9.76. The molecule has 0 amide bonds. The number of ether oxygens (including phenoxy) is 2. The Balaban J connectivity index is 1.50. The van der Waals surface area contributed by atoms with Gasteiger partial charge in [0.25, 0.3) is 5.89 Å². The van der Waals surface area contributed by atoms with Gasteiger partial charge in [-0.25, -0.2) is 4.39 Å². The lowest BCUT2D eigenvalue weighted by Gasteiger charge is -2.21. The van der Waals surface area contributed by atoms with Crippen molar-refractivity contribution in [3.63, 3.8) is 0 Å². The van der Waals surface area contributed by atoms with Gasteiger partial charge in [-0.15, -0.1) is 10.2 Å². The summed E-state index contributed by atoms with van der Waals surface area (Å²) in [7, 11) is 0. The van der Waals surface area contributed by atoms with Gasteiger partial charge in [0.15, 0.2) is 0 Å². The standard InChI is InChI=1S/C21H22FN5O4/c1-11(23)21(28)31-19-10-27(13(3)30-19)15-5-6-16(17(22)8-15)14-4-7-18(24-9-14)20-26-25-12(2)29-20/h4-9,11,13,19H,10,23H2,1-3H3/t11-,13+,19?/m0/s1. The summed E-state index contributed by atoms with van der Waals surface area (Å²) in [6.45, 7) is 5.31. The molecule has 9 nitrogen and oxygen atoms in total. The number of aryl methyl sites for hydroxylation is 1. The first-order chi connectivity index (χ1) is 14.8. The summed E-state index contributed by atoms with van der Waals surface area (Å²) in [6, 6.07) is 7.57. The maximum absolute atomic E-state index is 14.9. The van der Waals surface area contributed by atoms with E-state index in [2.05, 4.69) is 15.2 Å². The highest BCUT2D eigenvalue weighted by Crippen LogP contribution is 2.31. The van der Waals surface area contributed by atoms with Gasteiger partial charge in [0.1, 0.15) is 23.8 Å². The zero-order valence-corrected chi connectivity index (χ0v) is 17.3. The Morgan fingerprint density at radius 2 is 2.13 bits per heavy atom. The average molecular weight is 427 g/mol. The molecule has 4 rings (SSSR count). The van der Waals surface area contributed by atoms with Crippen molar-refractivity contribution in [2.75, 3.05) is 11.4 Å². The SMILES string of the molecule is Cc1nnc(-c2ccc(-c3ccc(N4CC(OC(=O)[C@H](C)N)O[C@@H]4C)cc3F)cn2)o1. The molecule has 1 aromatic carbocycles. The number of pyridine rings is 1. The minimum absolute atomic E-state index is 0.276. The van der Waals surface area contributed by atoms with Gasteiger partial charge < -0.3 is 24.5 Å². The number of carbonyl (C=O) groups is 1. The van der Waals surface area contributed by atoms with E-state index in [1.54, 1.807) is 44.3 Å². The fourth-order valence-electron chi connectivity index (χ4n) is 3.26. The Hall–Kier alpha value is -3.37. The van der Waals surface area contributed by atoms with Crippen LogP contribution in [0.15, 0.2) is 40.9 Å². The van der Waals surface area contributed by atoms with Crippen molar-refractivity contribution in [3.05, 3.63) is 48.2 Å². The summed E-state index contributed by atoms with van der Waals surface area (Å²) in [5, 5.41) is 7.70. The van der Waals surface area contributed by atoms with Crippen molar-refractivity contribution < 1.29 is 23.1 Å². The van der Waals surface area contributed by atoms with Crippen molar-refractivity contribution in [1.29, 1.82) is 0 Å². The van der Waals surface area contributed by atoms with Gasteiger partial charge in [-0.2, -0.15) is 0 Å². The number of nitrogens with two attached hydrogens (primary N) is 1. The van der Waals surface area contributed by atoms with Crippen LogP contribution in [-0.4, -0.2) is 46.3 Å². The van der Waals surface area contributed by atoms with E-state index in [9.17, 15) is 9.18 Å². The van der Waals surface area contributed by atoms with Crippen LogP contribution in [0.2, 0.25) is 0 Å². The van der Waals surface area contributed by atoms with Crippen LogP contribution in [0.25, 0.3) is 22.7 Å². The Labute approximate surface area is 178 Å². The number of esters is 1. The van der Waals surface area contributed by atoms with Gasteiger partial charge in [-0.05, 0) is 38.1 Å². The van der Waals surface area contributed by atoms with E-state index in [4.69, 9.17) is 19.6 Å². The van der Waals surface area contributed by atoms with Crippen LogP contribution in [0, 0.1) is 12.7 Å². The second kappa shape index (κ2) is 8.40. The second-order valence-electron chi connectivity index (χ2n) is 7.27. The number of rotatable bonds is 5. The molecule has 1 unspecified atom stereocenters. The fraction of sp³-hybridized carbons (Fsp3) is 0.333. The number of carbonyl (C=O) groups excluding carboxylic acids is 1. The minimum Gasteiger partial charge on any atom is -0.433 e. The highest BCUT2D eigenvalue weighted by molar-refractivity contribution is 5.75. The van der Waals surface area contributed by atoms with Gasteiger partial charge in [0.2, 0.25) is 12.2 Å². The van der Waals surface area contributed by atoms with Crippen LogP contribution >= 0.6 is 0 Å². The van der Waals surface area contributed by atoms with E-state index < -0.39 is 30.3 Å². The normalized spacial score (nSPS) is 19.5. The van der Waals surface area contributed by atoms with Crippen molar-refractivity contribution in [2.45, 2.75) is 39.3 Å². The Bertz CT molecular complexity index is 1090. The lowest BCUT2D eigenvalue weighted by Crippen LogP contribution is -2.34. The van der Waals surface area contributed by atoms with Crippen LogP contribution in [-0.2, 0) is 14.3 Å². The van der Waals surface area contributed by atoms with E-state index in [-0.39, 0.29) is 6.54 Å². The highest BCUT2D eigenvalue weighted by Gasteiger charge is 2.33. The number of aromatic nitrogens is 3. The molecule has 2 N–H and O–H groups in total. The van der Waals surface area contributed by atoms with Crippen molar-refractivity contribution in [1.82, 2.24) is 15.2 Å². The number of hydrogen-bond donors (Lipinski definition) is 1. The molecule has 0 bridgehead atoms. The maximum atomic E-state index is 14.9. The lowest BCUT2D eigenvalue weighted by atomic mass is 10.1. The summed E-state index contributed by atoms with van der Waals surface area (Å²) >= 11 is 0. The molecular formula is C21H22FN5O4. The Morgan fingerprint density at radius 3 is 2.74 bits per heavy atom. The summed E-state index contributed by atoms with van der Waals surface area (Å²) in [4.78, 5) is 17.8. The molecule has 31 heavy (non-hydrogen) atoms. The van der Waals surface area contributed by atoms with Gasteiger partial charge in [-0.1, -0.05) is 6.07 Å². The van der Waals surface area contributed by atoms with Crippen LogP contribution in [0.1, 0.15) is 19.7 Å². The van der Waals surface area contributed by atoms with Crippen LogP contribution < -0.4 is 10.6 Å². The zero-order chi connectivity index (χ0) is 22.1. The van der Waals surface area contributed by atoms with E-state index in [0.29, 0.717) is 34.3 Å². The molecule has 162 valence electrons. The predicted octanol–water partition coefficient (Wildman–Crippen LogP) is 2.65. The first-order valence-electron chi connectivity index (χ1n) is 9.76. The van der Waals surface area contributed by atoms with Crippen molar-refractivity contribution >= 4 is 11.7 Å². The van der Waals surface area contributed by atoms with E-state index >= 15 is 0 Å². The zero-order valence-electron chi connectivity index (χ0n) is 17.3. The van der Waals surface area contributed by atoms with Crippen LogP contribution in [0.4, 0.5) is 10.1 Å². The van der Waals surface area contributed by atoms with E-state index in [1.165, 1.54) is 13.0 Å². The molecule has 0 spiro atoms. The number of nitrogens with zero attached hydrogens (tertiary/aromatic N) is 4. The Kier molecular flexibility index (Phi) is 5.66. The molecule has 1 saturated heterocycles. The molecule has 3 aromatic rings. The van der Waals surface area contributed by atoms with Gasteiger partial charge in [0, 0.05) is 29.9 Å². The molecular weight excluding hydrogens is 405 g/mol. The molecule has 1 aliphatic heterocycles. The summed E-state index contributed by atoms with van der Waals surface area (Å²) < 4.78 is 31.1. The quantitative estimate of drug-likeness (QED) is 0.613. The van der Waals surface area contributed by atoms with Crippen molar-refractivity contribution in [2.24, 2.45) is 5.73 Å². The number of hydrogen-bond acceptors (Lipinski definition) is 9. The van der Waals surface area contributed by atoms with E-state index in [0.717, 1.165) is 0 Å². The van der Waals surface area contributed by atoms with Crippen LogP contribution in [0.5, 0.6) is 0 Å². The topological polar surface area (TPSA) is 117 Å². The molecule has 0 radical (unpaired) electrons. The lowest BCUT2D eigenvalue weighted by molar-refractivity contribution is -0.173. The van der Waals surface area contributed by atoms with Crippen molar-refractivity contribution in [3.8, 4) is 22.7 Å². The highest BCUT2D eigenvalue weighted by atomic mass is 19.1. The molecule has 0 saturated carbocycles. The molecule has 1 aliphatic rings. The third-order valence-corrected chi connectivity index (χ3v) is 4.86. The molecule has 3 atom stereocenters. The number of benzene rings is 1. The van der Waals surface area contributed by atoms with Gasteiger partial charge in [-0.3, -0.25) is 9.78 Å². The van der Waals surface area contributed by atoms with Crippen LogP contribution in [0.3, 0.4) is 0 Å². The van der Waals surface area contributed by atoms with Gasteiger partial charge in [0.05, 0.1) is 6.54 Å². The molecule has 2 aromatic heterocycles. The minimum atomic E-state index is -0.763. The molecule has 1 fully saturated rings. The smallest absolute Gasteiger partial charge is 0.324 e. The fourth-order valence-corrected chi connectivity index (χ4v) is 3.26. The molecule has 0 aliphatic carbocycles. The Morgan fingerprint density at radius 1 is 1.32 bits per heavy atom. The predicted molar refractivity (Wildman–Crippen MR) is 109 cm³/mol. The molecule has 3 heterocycles. The third kappa shape index (κ3) is 4.39.